The molecule has 0 spiro atoms. The number of aliphatic hydroxyl groups is 1. The number of carbonyl (C=O) groups is 1. The van der Waals surface area contributed by atoms with E-state index in [0.29, 0.717) is 25.4 Å². The van der Waals surface area contributed by atoms with Crippen molar-refractivity contribution in [3.63, 3.8) is 0 Å². The number of likely N-dealkylation sites (N-methyl/N-ethyl adjacent to an activating group) is 1. The van der Waals surface area contributed by atoms with E-state index in [2.05, 4.69) is 42.8 Å². The number of nitrogens with zero attached hydrogens (tertiary/aromatic N) is 2. The highest BCUT2D eigenvalue weighted by Crippen LogP contribution is 2.53. The molecular weight excluding hydrogens is 412 g/mol. The van der Waals surface area contributed by atoms with E-state index in [1.54, 1.807) is 7.11 Å². The molecule has 5 heteroatoms. The number of rotatable bonds is 6. The summed E-state index contributed by atoms with van der Waals surface area (Å²) < 4.78 is 5.54. The number of amides is 1. The standard InChI is InChI=1S/C28H38N2O3/c1-21(2)19-30(26(31)22-9-6-5-7-10-22)24-13-14-28(32)20-29(3)16-15-27(28,18-24)23-11-8-12-25(17-23)33-4/h5-12,17,21,24,32H,13-16,18-20H2,1-4H3/t24-,27-,28-/m0/s1. The summed E-state index contributed by atoms with van der Waals surface area (Å²) in [6.07, 6.45) is 3.10. The van der Waals surface area contributed by atoms with Gasteiger partial charge in [-0.2, -0.15) is 0 Å². The van der Waals surface area contributed by atoms with Crippen LogP contribution < -0.4 is 4.74 Å². The second kappa shape index (κ2) is 9.47. The Bertz CT molecular complexity index is 963. The zero-order valence-corrected chi connectivity index (χ0v) is 20.5. The zero-order valence-electron chi connectivity index (χ0n) is 20.5. The summed E-state index contributed by atoms with van der Waals surface area (Å²) in [6, 6.07) is 17.9. The van der Waals surface area contributed by atoms with Crippen molar-refractivity contribution in [2.75, 3.05) is 33.8 Å². The molecule has 0 bridgehead atoms. The maximum atomic E-state index is 13.6. The Morgan fingerprint density at radius 3 is 2.64 bits per heavy atom. The molecule has 1 amide bonds. The minimum Gasteiger partial charge on any atom is -0.497 e. The number of fused-ring (bicyclic) bond motifs is 1. The first kappa shape index (κ1) is 23.8. The Balaban J connectivity index is 1.74. The maximum Gasteiger partial charge on any atom is 0.254 e. The van der Waals surface area contributed by atoms with Crippen LogP contribution in [0, 0.1) is 5.92 Å². The normalized spacial score (nSPS) is 27.8. The molecule has 2 aromatic rings. The molecular formula is C28H38N2O3. The maximum absolute atomic E-state index is 13.6. The summed E-state index contributed by atoms with van der Waals surface area (Å²) in [4.78, 5) is 18.0. The largest absolute Gasteiger partial charge is 0.497 e. The van der Waals surface area contributed by atoms with Gasteiger partial charge in [-0.05, 0) is 75.0 Å². The quantitative estimate of drug-likeness (QED) is 0.711. The van der Waals surface area contributed by atoms with Gasteiger partial charge in [-0.3, -0.25) is 4.79 Å². The van der Waals surface area contributed by atoms with E-state index in [1.807, 2.05) is 42.5 Å². The second-order valence-corrected chi connectivity index (χ2v) is 10.4. The van der Waals surface area contributed by atoms with Crippen molar-refractivity contribution in [1.82, 2.24) is 9.80 Å². The van der Waals surface area contributed by atoms with Gasteiger partial charge in [-0.25, -0.2) is 0 Å². The number of hydrogen-bond donors (Lipinski definition) is 1. The molecule has 0 unspecified atom stereocenters. The van der Waals surface area contributed by atoms with Gasteiger partial charge in [0.2, 0.25) is 0 Å². The summed E-state index contributed by atoms with van der Waals surface area (Å²) in [5.41, 5.74) is 0.613. The van der Waals surface area contributed by atoms with Gasteiger partial charge in [-0.15, -0.1) is 0 Å². The molecule has 3 atom stereocenters. The molecule has 2 aliphatic rings. The third-order valence-corrected chi connectivity index (χ3v) is 7.72. The fourth-order valence-electron chi connectivity index (χ4n) is 6.07. The fraction of sp³-hybridized carbons (Fsp3) is 0.536. The molecule has 0 aromatic heterocycles. The number of likely N-dealkylation sites (tertiary alicyclic amines) is 1. The topological polar surface area (TPSA) is 53.0 Å². The first-order valence-electron chi connectivity index (χ1n) is 12.2. The van der Waals surface area contributed by atoms with Crippen LogP contribution in [0.5, 0.6) is 5.75 Å². The van der Waals surface area contributed by atoms with Crippen LogP contribution in [0.1, 0.15) is 55.5 Å². The molecule has 1 heterocycles. The molecule has 1 saturated carbocycles. The van der Waals surface area contributed by atoms with Gasteiger partial charge in [0.15, 0.2) is 0 Å². The number of piperidine rings is 1. The monoisotopic (exact) mass is 450 g/mol. The van der Waals surface area contributed by atoms with Crippen molar-refractivity contribution in [3.8, 4) is 5.75 Å². The van der Waals surface area contributed by atoms with E-state index in [4.69, 9.17) is 4.74 Å². The summed E-state index contributed by atoms with van der Waals surface area (Å²) >= 11 is 0. The molecule has 2 aromatic carbocycles. The van der Waals surface area contributed by atoms with Crippen LogP contribution in [0.15, 0.2) is 54.6 Å². The smallest absolute Gasteiger partial charge is 0.254 e. The number of methoxy groups -OCH3 is 1. The average Bonchev–Trinajstić information content (AvgIpc) is 2.82. The van der Waals surface area contributed by atoms with Gasteiger partial charge in [0, 0.05) is 30.1 Å². The van der Waals surface area contributed by atoms with E-state index in [1.165, 1.54) is 0 Å². The van der Waals surface area contributed by atoms with E-state index in [-0.39, 0.29) is 11.9 Å². The van der Waals surface area contributed by atoms with Gasteiger partial charge in [0.05, 0.1) is 12.7 Å². The van der Waals surface area contributed by atoms with Crippen molar-refractivity contribution in [1.29, 1.82) is 0 Å². The van der Waals surface area contributed by atoms with Crippen molar-refractivity contribution < 1.29 is 14.6 Å². The average molecular weight is 451 g/mol. The third-order valence-electron chi connectivity index (χ3n) is 7.72. The predicted octanol–water partition coefficient (Wildman–Crippen LogP) is 4.35. The zero-order chi connectivity index (χ0) is 23.6. The Labute approximate surface area is 198 Å². The van der Waals surface area contributed by atoms with Gasteiger partial charge >= 0.3 is 0 Å². The molecule has 4 rings (SSSR count). The number of β-amino-alcohol motifs (C(OH)–C–C–N with tert-alkyl or cyclic N) is 1. The SMILES string of the molecule is COc1cccc([C@@]23CCN(C)C[C@@]2(O)CC[C@H](N(CC(C)C)C(=O)c2ccccc2)C3)c1. The van der Waals surface area contributed by atoms with Gasteiger partial charge in [0.1, 0.15) is 5.75 Å². The first-order valence-corrected chi connectivity index (χ1v) is 12.2. The lowest BCUT2D eigenvalue weighted by Crippen LogP contribution is -2.67. The molecule has 33 heavy (non-hydrogen) atoms. The molecule has 1 N–H and O–H groups in total. The highest BCUT2D eigenvalue weighted by molar-refractivity contribution is 5.94. The second-order valence-electron chi connectivity index (χ2n) is 10.4. The lowest BCUT2D eigenvalue weighted by molar-refractivity contribution is -0.129. The molecule has 5 nitrogen and oxygen atoms in total. The van der Waals surface area contributed by atoms with Crippen LogP contribution in [-0.4, -0.2) is 66.2 Å². The van der Waals surface area contributed by atoms with Crippen LogP contribution in [0.3, 0.4) is 0 Å². The third kappa shape index (κ3) is 4.53. The number of benzene rings is 2. The summed E-state index contributed by atoms with van der Waals surface area (Å²) in [6.45, 7) is 6.61. The number of carbonyl (C=O) groups excluding carboxylic acids is 1. The van der Waals surface area contributed by atoms with Gasteiger partial charge < -0.3 is 19.6 Å². The van der Waals surface area contributed by atoms with Crippen LogP contribution in [0.25, 0.3) is 0 Å². The fourth-order valence-corrected chi connectivity index (χ4v) is 6.07. The van der Waals surface area contributed by atoms with Gasteiger partial charge in [0.25, 0.3) is 5.91 Å². The predicted molar refractivity (Wildman–Crippen MR) is 132 cm³/mol. The van der Waals surface area contributed by atoms with Crippen LogP contribution in [0.2, 0.25) is 0 Å². The van der Waals surface area contributed by atoms with E-state index >= 15 is 0 Å². The Hall–Kier alpha value is -2.37. The van der Waals surface area contributed by atoms with Crippen molar-refractivity contribution in [2.24, 2.45) is 5.92 Å². The summed E-state index contributed by atoms with van der Waals surface area (Å²) in [5, 5.41) is 12.1. The van der Waals surface area contributed by atoms with Crippen molar-refractivity contribution >= 4 is 5.91 Å². The lowest BCUT2D eigenvalue weighted by Gasteiger charge is -2.59. The first-order chi connectivity index (χ1) is 15.8. The Morgan fingerprint density at radius 1 is 1.18 bits per heavy atom. The molecule has 2 fully saturated rings. The van der Waals surface area contributed by atoms with E-state index < -0.39 is 11.0 Å². The van der Waals surface area contributed by atoms with E-state index in [0.717, 1.165) is 42.7 Å². The van der Waals surface area contributed by atoms with E-state index in [9.17, 15) is 9.90 Å². The minimum atomic E-state index is -0.831. The molecule has 1 aliphatic heterocycles. The molecule has 1 aliphatic carbocycles. The summed E-state index contributed by atoms with van der Waals surface area (Å²) in [5.74, 6) is 1.27. The minimum absolute atomic E-state index is 0.0787. The van der Waals surface area contributed by atoms with Gasteiger partial charge in [-0.1, -0.05) is 44.2 Å². The van der Waals surface area contributed by atoms with Crippen LogP contribution >= 0.6 is 0 Å². The highest BCUT2D eigenvalue weighted by Gasteiger charge is 2.58. The van der Waals surface area contributed by atoms with Crippen molar-refractivity contribution in [3.05, 3.63) is 65.7 Å². The van der Waals surface area contributed by atoms with Crippen LogP contribution in [0.4, 0.5) is 0 Å². The molecule has 1 saturated heterocycles. The lowest BCUT2D eigenvalue weighted by atomic mass is 9.55. The Kier molecular flexibility index (Phi) is 6.83. The summed E-state index contributed by atoms with van der Waals surface area (Å²) in [7, 11) is 3.77. The number of ether oxygens (including phenoxy) is 1. The molecule has 178 valence electrons. The molecule has 0 radical (unpaired) electrons. The Morgan fingerprint density at radius 2 is 1.94 bits per heavy atom. The number of hydrogen-bond acceptors (Lipinski definition) is 4. The van der Waals surface area contributed by atoms with Crippen LogP contribution in [-0.2, 0) is 5.41 Å². The highest BCUT2D eigenvalue weighted by atomic mass is 16.5. The van der Waals surface area contributed by atoms with Crippen molar-refractivity contribution in [2.45, 2.75) is 56.6 Å².